The van der Waals surface area contributed by atoms with E-state index in [1.807, 2.05) is 0 Å². The smallest absolute Gasteiger partial charge is 0.0152 e. The summed E-state index contributed by atoms with van der Waals surface area (Å²) >= 11 is 0. The SMILES string of the molecule is C1CC2(C1)CCC1CCNC12. The lowest BCUT2D eigenvalue weighted by atomic mass is 9.65. The van der Waals surface area contributed by atoms with Gasteiger partial charge in [-0.15, -0.1) is 0 Å². The minimum atomic E-state index is 0.807. The molecule has 0 amide bonds. The predicted molar refractivity (Wildman–Crippen MR) is 45.4 cm³/mol. The molecule has 2 saturated carbocycles. The average Bonchev–Trinajstić information content (AvgIpc) is 2.38. The second kappa shape index (κ2) is 2.01. The van der Waals surface area contributed by atoms with Gasteiger partial charge in [0.2, 0.25) is 0 Å². The highest BCUT2D eigenvalue weighted by Gasteiger charge is 2.52. The molecule has 2 atom stereocenters. The van der Waals surface area contributed by atoms with Crippen molar-refractivity contribution in [2.75, 3.05) is 6.54 Å². The molecule has 1 N–H and O–H groups in total. The summed E-state index contributed by atoms with van der Waals surface area (Å²) in [6.45, 7) is 1.30. The van der Waals surface area contributed by atoms with Gasteiger partial charge in [0.05, 0.1) is 0 Å². The van der Waals surface area contributed by atoms with Crippen LogP contribution in [0.1, 0.15) is 38.5 Å². The van der Waals surface area contributed by atoms with Gasteiger partial charge in [0.15, 0.2) is 0 Å². The largest absolute Gasteiger partial charge is 0.313 e. The first-order chi connectivity index (χ1) is 5.41. The van der Waals surface area contributed by atoms with E-state index < -0.39 is 0 Å². The van der Waals surface area contributed by atoms with Gasteiger partial charge < -0.3 is 5.32 Å². The molecule has 3 aliphatic rings. The van der Waals surface area contributed by atoms with E-state index in [2.05, 4.69) is 5.32 Å². The lowest BCUT2D eigenvalue weighted by Gasteiger charge is -2.43. The van der Waals surface area contributed by atoms with Gasteiger partial charge in [-0.3, -0.25) is 0 Å². The van der Waals surface area contributed by atoms with Crippen LogP contribution in [0.4, 0.5) is 0 Å². The minimum absolute atomic E-state index is 0.807. The number of rotatable bonds is 0. The fraction of sp³-hybridized carbons (Fsp3) is 1.00. The summed E-state index contributed by atoms with van der Waals surface area (Å²) in [5.74, 6) is 1.07. The number of hydrogen-bond donors (Lipinski definition) is 1. The first-order valence-electron chi connectivity index (χ1n) is 5.14. The van der Waals surface area contributed by atoms with E-state index in [0.717, 1.165) is 17.4 Å². The molecule has 1 nitrogen and oxygen atoms in total. The lowest BCUT2D eigenvalue weighted by molar-refractivity contribution is 0.103. The maximum Gasteiger partial charge on any atom is 0.0152 e. The molecule has 62 valence electrons. The van der Waals surface area contributed by atoms with Gasteiger partial charge in [-0.05, 0) is 50.0 Å². The topological polar surface area (TPSA) is 12.0 Å². The second-order valence-corrected chi connectivity index (χ2v) is 4.74. The van der Waals surface area contributed by atoms with Crippen LogP contribution in [0.3, 0.4) is 0 Å². The quantitative estimate of drug-likeness (QED) is 0.558. The Hall–Kier alpha value is -0.0400. The van der Waals surface area contributed by atoms with Crippen molar-refractivity contribution in [3.63, 3.8) is 0 Å². The average molecular weight is 151 g/mol. The van der Waals surface area contributed by atoms with Gasteiger partial charge in [0, 0.05) is 6.04 Å². The second-order valence-electron chi connectivity index (χ2n) is 4.74. The highest BCUT2D eigenvalue weighted by molar-refractivity contribution is 5.07. The zero-order valence-corrected chi connectivity index (χ0v) is 7.10. The van der Waals surface area contributed by atoms with Gasteiger partial charge in [0.1, 0.15) is 0 Å². The molecule has 0 aromatic carbocycles. The van der Waals surface area contributed by atoms with Gasteiger partial charge in [-0.2, -0.15) is 0 Å². The van der Waals surface area contributed by atoms with Crippen LogP contribution in [0.25, 0.3) is 0 Å². The molecule has 2 unspecified atom stereocenters. The molecular formula is C10H17N. The summed E-state index contributed by atoms with van der Waals surface area (Å²) in [5, 5.41) is 3.71. The summed E-state index contributed by atoms with van der Waals surface area (Å²) in [6.07, 6.45) is 9.09. The maximum atomic E-state index is 3.71. The van der Waals surface area contributed by atoms with Crippen molar-refractivity contribution in [1.82, 2.24) is 5.32 Å². The third-order valence-electron chi connectivity index (χ3n) is 4.37. The highest BCUT2D eigenvalue weighted by atomic mass is 15.0. The fourth-order valence-electron chi connectivity index (χ4n) is 3.61. The molecule has 11 heavy (non-hydrogen) atoms. The summed E-state index contributed by atoms with van der Waals surface area (Å²) in [5.41, 5.74) is 0.807. The van der Waals surface area contributed by atoms with Crippen molar-refractivity contribution in [2.24, 2.45) is 11.3 Å². The Balaban J connectivity index is 1.86. The zero-order valence-electron chi connectivity index (χ0n) is 7.10. The van der Waals surface area contributed by atoms with Crippen LogP contribution >= 0.6 is 0 Å². The van der Waals surface area contributed by atoms with Crippen LogP contribution in [0, 0.1) is 11.3 Å². The molecule has 1 saturated heterocycles. The van der Waals surface area contributed by atoms with Crippen LogP contribution in [0.15, 0.2) is 0 Å². The monoisotopic (exact) mass is 151 g/mol. The molecule has 3 rings (SSSR count). The zero-order chi connectivity index (χ0) is 7.31. The van der Waals surface area contributed by atoms with E-state index in [1.54, 1.807) is 0 Å². The Morgan fingerprint density at radius 2 is 2.00 bits per heavy atom. The molecule has 1 heteroatoms. The Kier molecular flexibility index (Phi) is 1.18. The van der Waals surface area contributed by atoms with E-state index in [1.165, 1.54) is 45.1 Å². The van der Waals surface area contributed by atoms with Crippen molar-refractivity contribution in [2.45, 2.75) is 44.6 Å². The molecule has 0 aromatic rings. The Labute approximate surface area is 68.6 Å². The van der Waals surface area contributed by atoms with Gasteiger partial charge >= 0.3 is 0 Å². The van der Waals surface area contributed by atoms with Crippen molar-refractivity contribution in [3.8, 4) is 0 Å². The predicted octanol–water partition coefficient (Wildman–Crippen LogP) is 1.93. The van der Waals surface area contributed by atoms with Crippen LogP contribution < -0.4 is 5.32 Å². The normalized spacial score (nSPS) is 45.8. The first kappa shape index (κ1) is 6.47. The molecule has 3 fully saturated rings. The molecule has 1 heterocycles. The third kappa shape index (κ3) is 0.703. The molecule has 1 aliphatic heterocycles. The van der Waals surface area contributed by atoms with Gasteiger partial charge in [-0.25, -0.2) is 0 Å². The number of hydrogen-bond acceptors (Lipinski definition) is 1. The molecule has 0 radical (unpaired) electrons. The highest BCUT2D eigenvalue weighted by Crippen LogP contribution is 2.56. The molecule has 1 spiro atoms. The summed E-state index contributed by atoms with van der Waals surface area (Å²) < 4.78 is 0. The first-order valence-corrected chi connectivity index (χ1v) is 5.14. The maximum absolute atomic E-state index is 3.71. The van der Waals surface area contributed by atoms with E-state index in [4.69, 9.17) is 0 Å². The van der Waals surface area contributed by atoms with Crippen molar-refractivity contribution in [1.29, 1.82) is 0 Å². The van der Waals surface area contributed by atoms with Crippen LogP contribution in [-0.4, -0.2) is 12.6 Å². The molecule has 0 aromatic heterocycles. The molecule has 2 aliphatic carbocycles. The van der Waals surface area contributed by atoms with Crippen molar-refractivity contribution in [3.05, 3.63) is 0 Å². The van der Waals surface area contributed by atoms with Crippen molar-refractivity contribution >= 4 is 0 Å². The number of nitrogens with one attached hydrogen (secondary N) is 1. The van der Waals surface area contributed by atoms with Crippen LogP contribution in [0.5, 0.6) is 0 Å². The Morgan fingerprint density at radius 1 is 1.09 bits per heavy atom. The Bertz CT molecular complexity index is 172. The van der Waals surface area contributed by atoms with E-state index in [9.17, 15) is 0 Å². The third-order valence-corrected chi connectivity index (χ3v) is 4.37. The minimum Gasteiger partial charge on any atom is -0.313 e. The standard InChI is InChI=1S/C10H17N/c1-4-10(5-1)6-2-8-3-7-11-9(8)10/h8-9,11H,1-7H2. The lowest BCUT2D eigenvalue weighted by Crippen LogP contribution is -2.44. The number of fused-ring (bicyclic) bond motifs is 2. The van der Waals surface area contributed by atoms with Crippen LogP contribution in [0.2, 0.25) is 0 Å². The van der Waals surface area contributed by atoms with E-state index in [-0.39, 0.29) is 0 Å². The molecular weight excluding hydrogens is 134 g/mol. The summed E-state index contributed by atoms with van der Waals surface area (Å²) in [6, 6.07) is 0.941. The molecule has 0 bridgehead atoms. The summed E-state index contributed by atoms with van der Waals surface area (Å²) in [4.78, 5) is 0. The van der Waals surface area contributed by atoms with Crippen molar-refractivity contribution < 1.29 is 0 Å². The van der Waals surface area contributed by atoms with E-state index >= 15 is 0 Å². The van der Waals surface area contributed by atoms with E-state index in [0.29, 0.717) is 0 Å². The van der Waals surface area contributed by atoms with Gasteiger partial charge in [0.25, 0.3) is 0 Å². The van der Waals surface area contributed by atoms with Gasteiger partial charge in [-0.1, -0.05) is 6.42 Å². The summed E-state index contributed by atoms with van der Waals surface area (Å²) in [7, 11) is 0. The van der Waals surface area contributed by atoms with Crippen LogP contribution in [-0.2, 0) is 0 Å². The fourth-order valence-corrected chi connectivity index (χ4v) is 3.61. The Morgan fingerprint density at radius 3 is 2.73 bits per heavy atom.